The highest BCUT2D eigenvalue weighted by Crippen LogP contribution is 2.28. The second-order valence-electron chi connectivity index (χ2n) is 3.76. The van der Waals surface area contributed by atoms with Crippen LogP contribution in [-0.4, -0.2) is 17.6 Å². The number of nitrogens with one attached hydrogen (secondary N) is 1. The van der Waals surface area contributed by atoms with Crippen molar-refractivity contribution in [1.82, 2.24) is 4.98 Å². The van der Waals surface area contributed by atoms with E-state index in [1.807, 2.05) is 0 Å². The van der Waals surface area contributed by atoms with Crippen LogP contribution in [0.3, 0.4) is 0 Å². The summed E-state index contributed by atoms with van der Waals surface area (Å²) in [5.41, 5.74) is 1.02. The highest BCUT2D eigenvalue weighted by atomic mass is 19.1. The summed E-state index contributed by atoms with van der Waals surface area (Å²) < 4.78 is 18.4. The standard InChI is InChI=1S/C13H11FN2O3/c1-2-19-13(17)10-7-15-6-9(10)8-3-4-12(16-18)11(14)5-8/h3-7,15H,2H2,1H3. The van der Waals surface area contributed by atoms with E-state index < -0.39 is 11.8 Å². The van der Waals surface area contributed by atoms with E-state index in [4.69, 9.17) is 4.74 Å². The van der Waals surface area contributed by atoms with Crippen LogP contribution in [0.15, 0.2) is 35.8 Å². The molecule has 0 spiro atoms. The third-order valence-corrected chi connectivity index (χ3v) is 2.60. The van der Waals surface area contributed by atoms with Crippen LogP contribution >= 0.6 is 0 Å². The van der Waals surface area contributed by atoms with Gasteiger partial charge in [0, 0.05) is 18.0 Å². The van der Waals surface area contributed by atoms with Gasteiger partial charge in [0.05, 0.1) is 12.2 Å². The average Bonchev–Trinajstić information content (AvgIpc) is 2.88. The summed E-state index contributed by atoms with van der Waals surface area (Å²) in [6.07, 6.45) is 3.05. The Kier molecular flexibility index (Phi) is 3.70. The predicted molar refractivity (Wildman–Crippen MR) is 67.6 cm³/mol. The van der Waals surface area contributed by atoms with E-state index in [0.29, 0.717) is 16.7 Å². The van der Waals surface area contributed by atoms with E-state index in [-0.39, 0.29) is 12.3 Å². The zero-order valence-electron chi connectivity index (χ0n) is 10.1. The minimum atomic E-state index is -0.733. The van der Waals surface area contributed by atoms with Crippen molar-refractivity contribution in [2.24, 2.45) is 5.18 Å². The van der Waals surface area contributed by atoms with Gasteiger partial charge in [-0.3, -0.25) is 0 Å². The van der Waals surface area contributed by atoms with Gasteiger partial charge < -0.3 is 9.72 Å². The number of nitrogens with zero attached hydrogens (tertiary/aromatic N) is 1. The highest BCUT2D eigenvalue weighted by Gasteiger charge is 2.16. The Morgan fingerprint density at radius 3 is 2.84 bits per heavy atom. The first-order valence-electron chi connectivity index (χ1n) is 5.64. The van der Waals surface area contributed by atoms with E-state index in [0.717, 1.165) is 6.07 Å². The van der Waals surface area contributed by atoms with Crippen molar-refractivity contribution in [3.63, 3.8) is 0 Å². The third kappa shape index (κ3) is 2.52. The van der Waals surface area contributed by atoms with Crippen LogP contribution < -0.4 is 0 Å². The molecule has 0 saturated heterocycles. The van der Waals surface area contributed by atoms with Crippen LogP contribution in [-0.2, 0) is 4.74 Å². The zero-order chi connectivity index (χ0) is 13.8. The van der Waals surface area contributed by atoms with Crippen molar-refractivity contribution >= 4 is 11.7 Å². The summed E-state index contributed by atoms with van der Waals surface area (Å²) in [7, 11) is 0. The van der Waals surface area contributed by atoms with Crippen molar-refractivity contribution in [3.05, 3.63) is 46.9 Å². The third-order valence-electron chi connectivity index (χ3n) is 2.60. The van der Waals surface area contributed by atoms with Gasteiger partial charge in [0.1, 0.15) is 5.69 Å². The fourth-order valence-electron chi connectivity index (χ4n) is 1.73. The Labute approximate surface area is 108 Å². The molecule has 1 N–H and O–H groups in total. The number of rotatable bonds is 4. The number of halogens is 1. The molecule has 0 amide bonds. The molecule has 0 unspecified atom stereocenters. The minimum Gasteiger partial charge on any atom is -0.462 e. The van der Waals surface area contributed by atoms with Crippen LogP contribution in [0.25, 0.3) is 11.1 Å². The number of hydrogen-bond acceptors (Lipinski definition) is 4. The normalized spacial score (nSPS) is 10.2. The Morgan fingerprint density at radius 2 is 2.21 bits per heavy atom. The number of aromatic nitrogens is 1. The summed E-state index contributed by atoms with van der Waals surface area (Å²) >= 11 is 0. The number of H-pyrrole nitrogens is 1. The van der Waals surface area contributed by atoms with Gasteiger partial charge in [-0.25, -0.2) is 9.18 Å². The maximum Gasteiger partial charge on any atom is 0.340 e. The topological polar surface area (TPSA) is 71.5 Å². The number of hydrogen-bond donors (Lipinski definition) is 1. The Morgan fingerprint density at radius 1 is 1.42 bits per heavy atom. The Balaban J connectivity index is 2.42. The van der Waals surface area contributed by atoms with Gasteiger partial charge in [0.2, 0.25) is 0 Å². The number of carbonyl (C=O) groups is 1. The summed E-state index contributed by atoms with van der Waals surface area (Å²) in [5, 5.41) is 2.56. The van der Waals surface area contributed by atoms with Gasteiger partial charge in [0.15, 0.2) is 5.82 Å². The van der Waals surface area contributed by atoms with E-state index >= 15 is 0 Å². The second-order valence-corrected chi connectivity index (χ2v) is 3.76. The SMILES string of the molecule is CCOC(=O)c1c[nH]cc1-c1ccc(N=O)c(F)c1. The molecule has 1 aromatic carbocycles. The fraction of sp³-hybridized carbons (Fsp3) is 0.154. The first-order chi connectivity index (χ1) is 9.17. The Hall–Kier alpha value is -2.50. The quantitative estimate of drug-likeness (QED) is 0.678. The predicted octanol–water partition coefficient (Wildman–Crippen LogP) is 3.40. The monoisotopic (exact) mass is 262 g/mol. The minimum absolute atomic E-state index is 0.256. The smallest absolute Gasteiger partial charge is 0.340 e. The molecule has 0 aliphatic carbocycles. The molecule has 2 aromatic rings. The van der Waals surface area contributed by atoms with E-state index in [1.165, 1.54) is 18.3 Å². The number of carbonyl (C=O) groups excluding carboxylic acids is 1. The first kappa shape index (κ1) is 12.9. The molecule has 0 bridgehead atoms. The molecule has 1 aromatic heterocycles. The average molecular weight is 262 g/mol. The summed E-state index contributed by atoms with van der Waals surface area (Å²) in [6, 6.07) is 3.94. The van der Waals surface area contributed by atoms with E-state index in [9.17, 15) is 14.1 Å². The Bertz CT molecular complexity index is 622. The van der Waals surface area contributed by atoms with Gasteiger partial charge in [-0.2, -0.15) is 0 Å². The molecule has 98 valence electrons. The molecule has 1 heterocycles. The molecule has 0 fully saturated rings. The largest absolute Gasteiger partial charge is 0.462 e. The molecule has 0 aliphatic rings. The van der Waals surface area contributed by atoms with Gasteiger partial charge in [-0.05, 0) is 29.8 Å². The van der Waals surface area contributed by atoms with Crippen molar-refractivity contribution in [1.29, 1.82) is 0 Å². The number of benzene rings is 1. The van der Waals surface area contributed by atoms with Gasteiger partial charge in [0.25, 0.3) is 0 Å². The van der Waals surface area contributed by atoms with Crippen LogP contribution in [0, 0.1) is 10.7 Å². The number of aromatic amines is 1. The van der Waals surface area contributed by atoms with Gasteiger partial charge in [-0.1, -0.05) is 6.07 Å². The first-order valence-corrected chi connectivity index (χ1v) is 5.64. The van der Waals surface area contributed by atoms with E-state index in [2.05, 4.69) is 10.2 Å². The maximum absolute atomic E-state index is 13.5. The lowest BCUT2D eigenvalue weighted by Crippen LogP contribution is -2.04. The lowest BCUT2D eigenvalue weighted by molar-refractivity contribution is 0.0527. The lowest BCUT2D eigenvalue weighted by atomic mass is 10.0. The number of nitroso groups, excluding NO2 is 1. The molecule has 2 rings (SSSR count). The van der Waals surface area contributed by atoms with Gasteiger partial charge in [-0.15, -0.1) is 4.91 Å². The van der Waals surface area contributed by atoms with Crippen molar-refractivity contribution < 1.29 is 13.9 Å². The summed E-state index contributed by atoms with van der Waals surface area (Å²) in [5.74, 6) is -1.22. The van der Waals surface area contributed by atoms with Crippen LogP contribution in [0.1, 0.15) is 17.3 Å². The van der Waals surface area contributed by atoms with Crippen LogP contribution in [0.2, 0.25) is 0 Å². The molecule has 5 nitrogen and oxygen atoms in total. The molecule has 0 atom stereocenters. The highest BCUT2D eigenvalue weighted by molar-refractivity contribution is 5.97. The van der Waals surface area contributed by atoms with Crippen molar-refractivity contribution in [2.45, 2.75) is 6.92 Å². The number of ether oxygens (including phenoxy) is 1. The van der Waals surface area contributed by atoms with E-state index in [1.54, 1.807) is 13.1 Å². The molecule has 0 radical (unpaired) electrons. The maximum atomic E-state index is 13.5. The molecule has 6 heteroatoms. The lowest BCUT2D eigenvalue weighted by Gasteiger charge is -2.04. The molecular weight excluding hydrogens is 251 g/mol. The molecule has 0 saturated carbocycles. The zero-order valence-corrected chi connectivity index (χ0v) is 10.1. The molecule has 19 heavy (non-hydrogen) atoms. The van der Waals surface area contributed by atoms with Crippen LogP contribution in [0.5, 0.6) is 0 Å². The van der Waals surface area contributed by atoms with Gasteiger partial charge >= 0.3 is 5.97 Å². The number of esters is 1. The second kappa shape index (κ2) is 5.43. The van der Waals surface area contributed by atoms with Crippen molar-refractivity contribution in [3.8, 4) is 11.1 Å². The van der Waals surface area contributed by atoms with Crippen molar-refractivity contribution in [2.75, 3.05) is 6.61 Å². The molecule has 0 aliphatic heterocycles. The molecular formula is C13H11FN2O3. The fourth-order valence-corrected chi connectivity index (χ4v) is 1.73. The summed E-state index contributed by atoms with van der Waals surface area (Å²) in [4.78, 5) is 24.8. The summed E-state index contributed by atoms with van der Waals surface area (Å²) in [6.45, 7) is 1.96. The van der Waals surface area contributed by atoms with Crippen LogP contribution in [0.4, 0.5) is 10.1 Å².